The second-order valence-corrected chi connectivity index (χ2v) is 5.90. The number of hydrogen-bond donors (Lipinski definition) is 1. The first-order valence-electron chi connectivity index (χ1n) is 7.28. The third-order valence-corrected chi connectivity index (χ3v) is 3.86. The second-order valence-electron chi connectivity index (χ2n) is 5.49. The van der Waals surface area contributed by atoms with Gasteiger partial charge in [-0.1, -0.05) is 29.8 Å². The van der Waals surface area contributed by atoms with Gasteiger partial charge < -0.3 is 10.1 Å². The van der Waals surface area contributed by atoms with Gasteiger partial charge >= 0.3 is 0 Å². The van der Waals surface area contributed by atoms with Crippen molar-refractivity contribution in [1.82, 2.24) is 10.3 Å². The van der Waals surface area contributed by atoms with Gasteiger partial charge in [-0.2, -0.15) is 0 Å². The topological polar surface area (TPSA) is 34.1 Å². The van der Waals surface area contributed by atoms with E-state index in [0.717, 1.165) is 22.8 Å². The second kappa shape index (κ2) is 6.46. The number of pyridine rings is 1. The molecule has 21 heavy (non-hydrogen) atoms. The van der Waals surface area contributed by atoms with Crippen molar-refractivity contribution in [3.05, 3.63) is 58.2 Å². The number of benzene rings is 1. The first-order valence-corrected chi connectivity index (χ1v) is 7.65. The van der Waals surface area contributed by atoms with Crippen LogP contribution in [0, 0.1) is 6.92 Å². The number of ether oxygens (including phenoxy) is 1. The molecule has 4 heteroatoms. The molecule has 0 aliphatic heterocycles. The van der Waals surface area contributed by atoms with E-state index >= 15 is 0 Å². The van der Waals surface area contributed by atoms with Crippen LogP contribution < -0.4 is 10.1 Å². The van der Waals surface area contributed by atoms with Crippen molar-refractivity contribution in [3.63, 3.8) is 0 Å². The van der Waals surface area contributed by atoms with Gasteiger partial charge in [0.25, 0.3) is 0 Å². The van der Waals surface area contributed by atoms with Crippen LogP contribution in [0.25, 0.3) is 0 Å². The Morgan fingerprint density at radius 3 is 2.86 bits per heavy atom. The lowest BCUT2D eigenvalue weighted by Gasteiger charge is -2.10. The Labute approximate surface area is 130 Å². The summed E-state index contributed by atoms with van der Waals surface area (Å²) >= 11 is 6.13. The molecule has 0 atom stereocenters. The summed E-state index contributed by atoms with van der Waals surface area (Å²) in [7, 11) is 0. The quantitative estimate of drug-likeness (QED) is 0.879. The Morgan fingerprint density at radius 1 is 1.29 bits per heavy atom. The van der Waals surface area contributed by atoms with Gasteiger partial charge in [0.1, 0.15) is 6.61 Å². The highest BCUT2D eigenvalue weighted by molar-refractivity contribution is 6.31. The molecular formula is C17H19ClN2O. The maximum atomic E-state index is 6.13. The van der Waals surface area contributed by atoms with Crippen LogP contribution in [0.5, 0.6) is 5.88 Å². The lowest BCUT2D eigenvalue weighted by Crippen LogP contribution is -2.15. The summed E-state index contributed by atoms with van der Waals surface area (Å²) in [5.41, 5.74) is 3.16. The summed E-state index contributed by atoms with van der Waals surface area (Å²) in [6.07, 6.45) is 2.58. The number of halogens is 1. The number of nitrogens with zero attached hydrogens (tertiary/aromatic N) is 1. The molecule has 1 aromatic heterocycles. The molecule has 0 amide bonds. The lowest BCUT2D eigenvalue weighted by molar-refractivity contribution is 0.293. The van der Waals surface area contributed by atoms with E-state index in [1.165, 1.54) is 18.4 Å². The molecule has 3 rings (SSSR count). The van der Waals surface area contributed by atoms with Gasteiger partial charge in [0, 0.05) is 34.9 Å². The minimum atomic E-state index is 0.436. The molecule has 1 aliphatic rings. The fourth-order valence-corrected chi connectivity index (χ4v) is 2.39. The Morgan fingerprint density at radius 2 is 2.10 bits per heavy atom. The summed E-state index contributed by atoms with van der Waals surface area (Å²) in [4.78, 5) is 4.43. The fraction of sp³-hybridized carbons (Fsp3) is 0.353. The summed E-state index contributed by atoms with van der Waals surface area (Å²) in [6.45, 7) is 3.30. The van der Waals surface area contributed by atoms with Gasteiger partial charge in [0.15, 0.2) is 0 Å². The average Bonchev–Trinajstić information content (AvgIpc) is 3.28. The summed E-state index contributed by atoms with van der Waals surface area (Å²) in [5, 5.41) is 4.23. The van der Waals surface area contributed by atoms with Crippen molar-refractivity contribution in [3.8, 4) is 5.88 Å². The SMILES string of the molecule is Cc1cc(CNC2CC2)cc(OCc2ccccc2Cl)n1. The predicted molar refractivity (Wildman–Crippen MR) is 84.6 cm³/mol. The van der Waals surface area contributed by atoms with Crippen LogP contribution in [-0.2, 0) is 13.2 Å². The Hall–Kier alpha value is -1.58. The number of nitrogens with one attached hydrogen (secondary N) is 1. The molecule has 0 saturated heterocycles. The van der Waals surface area contributed by atoms with Crippen molar-refractivity contribution in [2.75, 3.05) is 0 Å². The first-order chi connectivity index (χ1) is 10.2. The standard InChI is InChI=1S/C17H19ClN2O/c1-12-8-13(10-19-15-6-7-15)9-17(20-12)21-11-14-4-2-3-5-16(14)18/h2-5,8-9,15,19H,6-7,10-11H2,1H3. The molecule has 1 N–H and O–H groups in total. The zero-order valence-electron chi connectivity index (χ0n) is 12.1. The minimum absolute atomic E-state index is 0.436. The number of hydrogen-bond acceptors (Lipinski definition) is 3. The molecule has 0 radical (unpaired) electrons. The molecule has 3 nitrogen and oxygen atoms in total. The largest absolute Gasteiger partial charge is 0.473 e. The van der Waals surface area contributed by atoms with Crippen LogP contribution in [0.2, 0.25) is 5.02 Å². The highest BCUT2D eigenvalue weighted by atomic mass is 35.5. The molecular weight excluding hydrogens is 284 g/mol. The summed E-state index contributed by atoms with van der Waals surface area (Å²) in [5.74, 6) is 0.655. The number of rotatable bonds is 6. The molecule has 1 aromatic carbocycles. The highest BCUT2D eigenvalue weighted by Crippen LogP contribution is 2.21. The van der Waals surface area contributed by atoms with E-state index in [-0.39, 0.29) is 0 Å². The van der Waals surface area contributed by atoms with E-state index in [9.17, 15) is 0 Å². The van der Waals surface area contributed by atoms with Gasteiger partial charge in [0.05, 0.1) is 0 Å². The molecule has 1 fully saturated rings. The maximum Gasteiger partial charge on any atom is 0.214 e. The zero-order chi connectivity index (χ0) is 14.7. The van der Waals surface area contributed by atoms with E-state index in [1.54, 1.807) is 0 Å². The van der Waals surface area contributed by atoms with Crippen molar-refractivity contribution in [1.29, 1.82) is 0 Å². The van der Waals surface area contributed by atoms with Crippen LogP contribution in [0.3, 0.4) is 0 Å². The van der Waals surface area contributed by atoms with Gasteiger partial charge in [-0.3, -0.25) is 0 Å². The van der Waals surface area contributed by atoms with Crippen LogP contribution in [0.15, 0.2) is 36.4 Å². The highest BCUT2D eigenvalue weighted by Gasteiger charge is 2.20. The van der Waals surface area contributed by atoms with E-state index in [0.29, 0.717) is 18.5 Å². The minimum Gasteiger partial charge on any atom is -0.473 e. The van der Waals surface area contributed by atoms with Crippen molar-refractivity contribution >= 4 is 11.6 Å². The Bertz CT molecular complexity index is 626. The maximum absolute atomic E-state index is 6.13. The first kappa shape index (κ1) is 14.4. The van der Waals surface area contributed by atoms with E-state index in [4.69, 9.17) is 16.3 Å². The van der Waals surface area contributed by atoms with Gasteiger partial charge in [-0.15, -0.1) is 0 Å². The smallest absolute Gasteiger partial charge is 0.214 e. The molecule has 110 valence electrons. The van der Waals surface area contributed by atoms with Gasteiger partial charge in [-0.25, -0.2) is 4.98 Å². The van der Waals surface area contributed by atoms with Crippen LogP contribution in [0.1, 0.15) is 29.7 Å². The Balaban J connectivity index is 1.65. The summed E-state index contributed by atoms with van der Waals surface area (Å²) in [6, 6.07) is 12.5. The van der Waals surface area contributed by atoms with E-state index in [2.05, 4.69) is 16.4 Å². The third-order valence-electron chi connectivity index (χ3n) is 3.50. The van der Waals surface area contributed by atoms with Crippen molar-refractivity contribution < 1.29 is 4.74 Å². The average molecular weight is 303 g/mol. The zero-order valence-corrected chi connectivity index (χ0v) is 12.9. The lowest BCUT2D eigenvalue weighted by atomic mass is 10.2. The van der Waals surface area contributed by atoms with E-state index in [1.807, 2.05) is 37.3 Å². The summed E-state index contributed by atoms with van der Waals surface area (Å²) < 4.78 is 5.79. The molecule has 1 aliphatic carbocycles. The molecule has 1 saturated carbocycles. The van der Waals surface area contributed by atoms with Crippen molar-refractivity contribution in [2.45, 2.75) is 39.0 Å². The normalized spacial score (nSPS) is 14.2. The van der Waals surface area contributed by atoms with Gasteiger partial charge in [0.2, 0.25) is 5.88 Å². The van der Waals surface area contributed by atoms with Gasteiger partial charge in [-0.05, 0) is 37.5 Å². The number of aryl methyl sites for hydroxylation is 1. The monoisotopic (exact) mass is 302 g/mol. The number of aromatic nitrogens is 1. The molecule has 0 bridgehead atoms. The molecule has 0 unspecified atom stereocenters. The fourth-order valence-electron chi connectivity index (χ4n) is 2.20. The third kappa shape index (κ3) is 4.19. The van der Waals surface area contributed by atoms with Crippen molar-refractivity contribution in [2.24, 2.45) is 0 Å². The predicted octanol–water partition coefficient (Wildman–Crippen LogP) is 3.87. The van der Waals surface area contributed by atoms with Crippen LogP contribution in [0.4, 0.5) is 0 Å². The van der Waals surface area contributed by atoms with E-state index < -0.39 is 0 Å². The molecule has 0 spiro atoms. The molecule has 2 aromatic rings. The van der Waals surface area contributed by atoms with Crippen LogP contribution in [-0.4, -0.2) is 11.0 Å². The van der Waals surface area contributed by atoms with Crippen LogP contribution >= 0.6 is 11.6 Å². The Kier molecular flexibility index (Phi) is 4.42. The molecule has 1 heterocycles.